The molecule has 1 heterocycles. The molecule has 0 fully saturated rings. The molecule has 128 valence electrons. The van der Waals surface area contributed by atoms with Gasteiger partial charge in [0.2, 0.25) is 5.91 Å². The fourth-order valence-corrected chi connectivity index (χ4v) is 2.54. The molecule has 0 saturated carbocycles. The molecule has 2 N–H and O–H groups in total. The molecule has 5 heteroatoms. The summed E-state index contributed by atoms with van der Waals surface area (Å²) in [5.74, 6) is 0.397. The van der Waals surface area contributed by atoms with Gasteiger partial charge in [-0.05, 0) is 48.4 Å². The van der Waals surface area contributed by atoms with Gasteiger partial charge in [-0.1, -0.05) is 30.3 Å². The van der Waals surface area contributed by atoms with Crippen LogP contribution in [0.15, 0.2) is 66.9 Å². The number of nitriles is 1. The molecule has 0 spiro atoms. The molecule has 26 heavy (non-hydrogen) atoms. The molecular formula is C21H18N4O. The fraction of sp³-hybridized carbons (Fsp3) is 0.0952. The number of amides is 1. The fourth-order valence-electron chi connectivity index (χ4n) is 2.54. The summed E-state index contributed by atoms with van der Waals surface area (Å²) in [6.07, 6.45) is 1.96. The summed E-state index contributed by atoms with van der Waals surface area (Å²) in [5.41, 5.74) is 4.26. The summed E-state index contributed by atoms with van der Waals surface area (Å²) in [5, 5.41) is 14.9. The Hall–Kier alpha value is -3.65. The van der Waals surface area contributed by atoms with Crippen molar-refractivity contribution in [2.24, 2.45) is 0 Å². The molecule has 0 atom stereocenters. The number of aryl methyl sites for hydroxylation is 1. The number of anilines is 3. The third-order valence-electron chi connectivity index (χ3n) is 3.92. The number of aromatic nitrogens is 1. The Balaban J connectivity index is 1.61. The first kappa shape index (κ1) is 17.2. The van der Waals surface area contributed by atoms with Crippen molar-refractivity contribution in [3.8, 4) is 6.07 Å². The van der Waals surface area contributed by atoms with Crippen LogP contribution >= 0.6 is 0 Å². The van der Waals surface area contributed by atoms with Crippen LogP contribution in [0.5, 0.6) is 0 Å². The molecule has 0 aliphatic heterocycles. The lowest BCUT2D eigenvalue weighted by molar-refractivity contribution is -0.115. The number of rotatable bonds is 5. The van der Waals surface area contributed by atoms with E-state index in [0.717, 1.165) is 22.5 Å². The maximum atomic E-state index is 12.2. The van der Waals surface area contributed by atoms with E-state index >= 15 is 0 Å². The van der Waals surface area contributed by atoms with Crippen LogP contribution in [0.3, 0.4) is 0 Å². The SMILES string of the molecule is Cc1ccccc1CC(=O)Nc1ccc(Nc2cccc(C#N)c2)cn1. The Morgan fingerprint density at radius 2 is 1.92 bits per heavy atom. The molecule has 0 unspecified atom stereocenters. The molecule has 3 aromatic rings. The Labute approximate surface area is 152 Å². The number of nitrogens with zero attached hydrogens (tertiary/aromatic N) is 2. The molecule has 0 aliphatic carbocycles. The van der Waals surface area contributed by atoms with Crippen molar-refractivity contribution < 1.29 is 4.79 Å². The van der Waals surface area contributed by atoms with Crippen molar-refractivity contribution in [1.82, 2.24) is 4.98 Å². The summed E-state index contributed by atoms with van der Waals surface area (Å²) in [7, 11) is 0. The molecule has 3 rings (SSSR count). The van der Waals surface area contributed by atoms with Crippen LogP contribution in [0.25, 0.3) is 0 Å². The van der Waals surface area contributed by atoms with Gasteiger partial charge in [0, 0.05) is 5.69 Å². The molecule has 2 aromatic carbocycles. The van der Waals surface area contributed by atoms with E-state index in [1.165, 1.54) is 0 Å². The number of carbonyl (C=O) groups is 1. The van der Waals surface area contributed by atoms with Crippen LogP contribution < -0.4 is 10.6 Å². The second kappa shape index (κ2) is 7.95. The van der Waals surface area contributed by atoms with E-state index in [0.29, 0.717) is 17.8 Å². The molecule has 5 nitrogen and oxygen atoms in total. The maximum Gasteiger partial charge on any atom is 0.229 e. The minimum absolute atomic E-state index is 0.103. The number of pyridine rings is 1. The van der Waals surface area contributed by atoms with Crippen molar-refractivity contribution in [1.29, 1.82) is 5.26 Å². The first-order valence-electron chi connectivity index (χ1n) is 8.21. The number of hydrogen-bond acceptors (Lipinski definition) is 4. The van der Waals surface area contributed by atoms with E-state index in [-0.39, 0.29) is 5.91 Å². The van der Waals surface area contributed by atoms with Crippen molar-refractivity contribution in [3.63, 3.8) is 0 Å². The predicted octanol–water partition coefficient (Wildman–Crippen LogP) is 4.19. The zero-order valence-corrected chi connectivity index (χ0v) is 14.4. The standard InChI is InChI=1S/C21H18N4O/c1-15-5-2-3-7-17(15)12-21(26)25-20-10-9-19(14-23-20)24-18-8-4-6-16(11-18)13-22/h2-11,14,24H,12H2,1H3,(H,23,25,26). The molecule has 1 aromatic heterocycles. The smallest absolute Gasteiger partial charge is 0.229 e. The van der Waals surface area contributed by atoms with E-state index in [1.807, 2.05) is 49.4 Å². The van der Waals surface area contributed by atoms with Gasteiger partial charge in [-0.2, -0.15) is 5.26 Å². The average molecular weight is 342 g/mol. The van der Waals surface area contributed by atoms with E-state index in [4.69, 9.17) is 5.26 Å². The van der Waals surface area contributed by atoms with Crippen LogP contribution in [-0.2, 0) is 11.2 Å². The predicted molar refractivity (Wildman–Crippen MR) is 102 cm³/mol. The molecule has 0 bridgehead atoms. The largest absolute Gasteiger partial charge is 0.354 e. The second-order valence-corrected chi connectivity index (χ2v) is 5.90. The zero-order valence-electron chi connectivity index (χ0n) is 14.4. The van der Waals surface area contributed by atoms with E-state index in [9.17, 15) is 4.79 Å². The van der Waals surface area contributed by atoms with Crippen LogP contribution in [0, 0.1) is 18.3 Å². The van der Waals surface area contributed by atoms with Gasteiger partial charge in [-0.15, -0.1) is 0 Å². The van der Waals surface area contributed by atoms with E-state index in [2.05, 4.69) is 21.7 Å². The Morgan fingerprint density at radius 3 is 2.65 bits per heavy atom. The topological polar surface area (TPSA) is 77.8 Å². The van der Waals surface area contributed by atoms with Gasteiger partial charge in [0.1, 0.15) is 5.82 Å². The highest BCUT2D eigenvalue weighted by Gasteiger charge is 2.07. The molecule has 1 amide bonds. The van der Waals surface area contributed by atoms with Gasteiger partial charge in [0.15, 0.2) is 0 Å². The summed E-state index contributed by atoms with van der Waals surface area (Å²) < 4.78 is 0. The minimum Gasteiger partial charge on any atom is -0.354 e. The highest BCUT2D eigenvalue weighted by Crippen LogP contribution is 2.18. The quantitative estimate of drug-likeness (QED) is 0.729. The summed E-state index contributed by atoms with van der Waals surface area (Å²) in [6.45, 7) is 1.99. The Morgan fingerprint density at radius 1 is 1.08 bits per heavy atom. The average Bonchev–Trinajstić information content (AvgIpc) is 2.65. The van der Waals surface area contributed by atoms with Crippen LogP contribution in [0.4, 0.5) is 17.2 Å². The second-order valence-electron chi connectivity index (χ2n) is 5.90. The number of carbonyl (C=O) groups excluding carboxylic acids is 1. The van der Waals surface area contributed by atoms with Crippen LogP contribution in [0.2, 0.25) is 0 Å². The van der Waals surface area contributed by atoms with Crippen molar-refractivity contribution >= 4 is 23.1 Å². The highest BCUT2D eigenvalue weighted by molar-refractivity contribution is 5.91. The maximum absolute atomic E-state index is 12.2. The normalized spacial score (nSPS) is 10.0. The van der Waals surface area contributed by atoms with Gasteiger partial charge < -0.3 is 10.6 Å². The minimum atomic E-state index is -0.103. The lowest BCUT2D eigenvalue weighted by Gasteiger charge is -2.09. The van der Waals surface area contributed by atoms with Crippen LogP contribution in [0.1, 0.15) is 16.7 Å². The zero-order chi connectivity index (χ0) is 18.4. The number of nitrogens with one attached hydrogen (secondary N) is 2. The highest BCUT2D eigenvalue weighted by atomic mass is 16.1. The van der Waals surface area contributed by atoms with Crippen molar-refractivity contribution in [3.05, 3.63) is 83.6 Å². The van der Waals surface area contributed by atoms with Gasteiger partial charge >= 0.3 is 0 Å². The first-order chi connectivity index (χ1) is 12.6. The Kier molecular flexibility index (Phi) is 5.25. The van der Waals surface area contributed by atoms with E-state index < -0.39 is 0 Å². The van der Waals surface area contributed by atoms with Gasteiger partial charge in [-0.3, -0.25) is 4.79 Å². The third-order valence-corrected chi connectivity index (χ3v) is 3.92. The number of benzene rings is 2. The Bertz CT molecular complexity index is 958. The molecular weight excluding hydrogens is 324 g/mol. The van der Waals surface area contributed by atoms with Crippen LogP contribution in [-0.4, -0.2) is 10.9 Å². The third kappa shape index (κ3) is 4.46. The summed E-state index contributed by atoms with van der Waals surface area (Å²) in [4.78, 5) is 16.4. The summed E-state index contributed by atoms with van der Waals surface area (Å²) >= 11 is 0. The van der Waals surface area contributed by atoms with Gasteiger partial charge in [-0.25, -0.2) is 4.98 Å². The molecule has 0 saturated heterocycles. The molecule has 0 aliphatic rings. The number of hydrogen-bond donors (Lipinski definition) is 2. The van der Waals surface area contributed by atoms with Crippen molar-refractivity contribution in [2.45, 2.75) is 13.3 Å². The van der Waals surface area contributed by atoms with Gasteiger partial charge in [0.25, 0.3) is 0 Å². The lowest BCUT2D eigenvalue weighted by Crippen LogP contribution is -2.15. The summed E-state index contributed by atoms with van der Waals surface area (Å²) in [6, 6.07) is 20.7. The van der Waals surface area contributed by atoms with E-state index in [1.54, 1.807) is 24.4 Å². The molecule has 0 radical (unpaired) electrons. The van der Waals surface area contributed by atoms with Crippen molar-refractivity contribution in [2.75, 3.05) is 10.6 Å². The lowest BCUT2D eigenvalue weighted by atomic mass is 10.1. The monoisotopic (exact) mass is 342 g/mol. The first-order valence-corrected chi connectivity index (χ1v) is 8.21. The van der Waals surface area contributed by atoms with Gasteiger partial charge in [0.05, 0.1) is 29.9 Å².